The molecule has 5 heteroatoms. The van der Waals surface area contributed by atoms with E-state index in [-0.39, 0.29) is 0 Å². The predicted molar refractivity (Wildman–Crippen MR) is 205 cm³/mol. The largest absolute Gasteiger partial charge is 0.256 e. The minimum absolute atomic E-state index is 0.921. The molecule has 0 saturated carbocycles. The highest BCUT2D eigenvalue weighted by Gasteiger charge is 2.12. The van der Waals surface area contributed by atoms with Crippen LogP contribution < -0.4 is 0 Å². The van der Waals surface area contributed by atoms with Gasteiger partial charge in [-0.25, -0.2) is 9.97 Å². The van der Waals surface area contributed by atoms with Crippen LogP contribution >= 0.6 is 0 Å². The highest BCUT2D eigenvalue weighted by Crippen LogP contribution is 2.35. The van der Waals surface area contributed by atoms with Gasteiger partial charge in [-0.05, 0) is 82.9 Å². The first-order valence-corrected chi connectivity index (χ1v) is 16.6. The van der Waals surface area contributed by atoms with E-state index in [2.05, 4.69) is 142 Å². The Bertz CT molecular complexity index is 2930. The summed E-state index contributed by atoms with van der Waals surface area (Å²) in [6.45, 7) is 0. The van der Waals surface area contributed by atoms with Gasteiger partial charge in [-0.1, -0.05) is 84.9 Å². The van der Waals surface area contributed by atoms with E-state index in [4.69, 9.17) is 9.97 Å². The standard InChI is InChI=1S/C45H27N5/c1-5-30-6-2-22-46-43(30)37(8-1)42-21-17-34-26-32(15-19-41(34)50-42)31-14-18-40-33(25-31)16-20-39(49-40)29-12-10-28(11-13-29)38-27-35-7-3-23-47-44(35)45-36(38)9-4-24-48-45/h1-27H. The van der Waals surface area contributed by atoms with E-state index in [1.54, 1.807) is 0 Å². The fourth-order valence-corrected chi connectivity index (χ4v) is 7.07. The summed E-state index contributed by atoms with van der Waals surface area (Å²) in [5.41, 5.74) is 13.3. The van der Waals surface area contributed by atoms with Crippen molar-refractivity contribution in [3.8, 4) is 44.8 Å². The molecule has 0 bridgehead atoms. The van der Waals surface area contributed by atoms with Gasteiger partial charge in [0.1, 0.15) is 0 Å². The highest BCUT2D eigenvalue weighted by atomic mass is 14.7. The third kappa shape index (κ3) is 4.75. The smallest absolute Gasteiger partial charge is 0.0970 e. The molecule has 5 aromatic heterocycles. The molecule has 0 aliphatic rings. The van der Waals surface area contributed by atoms with E-state index in [0.29, 0.717) is 0 Å². The number of nitrogens with zero attached hydrogens (tertiary/aromatic N) is 5. The first-order valence-electron chi connectivity index (χ1n) is 16.6. The lowest BCUT2D eigenvalue weighted by Gasteiger charge is -2.11. The van der Waals surface area contributed by atoms with Crippen molar-refractivity contribution < 1.29 is 0 Å². The van der Waals surface area contributed by atoms with Crippen LogP contribution in [0.25, 0.3) is 99.3 Å². The lowest BCUT2D eigenvalue weighted by atomic mass is 9.96. The highest BCUT2D eigenvalue weighted by molar-refractivity contribution is 6.10. The Morgan fingerprint density at radius 2 is 0.900 bits per heavy atom. The SMILES string of the molecule is c1cnc2c(-c3ccc4cc(-c5ccc6nc(-c7ccc(-c8cc9cccnc9c9ncccc89)cc7)ccc6c5)ccc4n3)cccc2c1. The Kier molecular flexibility index (Phi) is 6.42. The van der Waals surface area contributed by atoms with Crippen molar-refractivity contribution in [2.24, 2.45) is 0 Å². The van der Waals surface area contributed by atoms with Gasteiger partial charge in [-0.3, -0.25) is 15.0 Å². The molecule has 5 aromatic carbocycles. The van der Waals surface area contributed by atoms with Gasteiger partial charge in [-0.15, -0.1) is 0 Å². The summed E-state index contributed by atoms with van der Waals surface area (Å²) in [4.78, 5) is 24.0. The van der Waals surface area contributed by atoms with E-state index < -0.39 is 0 Å². The first-order chi connectivity index (χ1) is 24.7. The van der Waals surface area contributed by atoms with Gasteiger partial charge in [-0.2, -0.15) is 0 Å². The number of benzene rings is 5. The fourth-order valence-electron chi connectivity index (χ4n) is 7.07. The Labute approximate surface area is 287 Å². The summed E-state index contributed by atoms with van der Waals surface area (Å²) in [7, 11) is 0. The molecule has 0 amide bonds. The van der Waals surface area contributed by atoms with Crippen molar-refractivity contribution in [1.29, 1.82) is 0 Å². The van der Waals surface area contributed by atoms with Crippen molar-refractivity contribution in [3.63, 3.8) is 0 Å². The van der Waals surface area contributed by atoms with Gasteiger partial charge >= 0.3 is 0 Å². The van der Waals surface area contributed by atoms with Gasteiger partial charge in [0.25, 0.3) is 0 Å². The maximum absolute atomic E-state index is 5.05. The fraction of sp³-hybridized carbons (Fsp3) is 0. The summed E-state index contributed by atoms with van der Waals surface area (Å²) in [6, 6.07) is 50.8. The van der Waals surface area contributed by atoms with E-state index in [0.717, 1.165) is 99.3 Å². The molecule has 10 aromatic rings. The molecule has 5 nitrogen and oxygen atoms in total. The molecule has 50 heavy (non-hydrogen) atoms. The van der Waals surface area contributed by atoms with Gasteiger partial charge in [0.2, 0.25) is 0 Å². The summed E-state index contributed by atoms with van der Waals surface area (Å²) >= 11 is 0. The van der Waals surface area contributed by atoms with Gasteiger partial charge in [0.05, 0.1) is 39.0 Å². The topological polar surface area (TPSA) is 64.5 Å². The molecule has 0 spiro atoms. The van der Waals surface area contributed by atoms with Crippen molar-refractivity contribution >= 4 is 54.5 Å². The average Bonchev–Trinajstić information content (AvgIpc) is 3.19. The van der Waals surface area contributed by atoms with Crippen molar-refractivity contribution in [2.45, 2.75) is 0 Å². The number of rotatable bonds is 4. The minimum atomic E-state index is 0.921. The number of fused-ring (bicyclic) bond motifs is 6. The second-order valence-electron chi connectivity index (χ2n) is 12.6. The molecule has 0 atom stereocenters. The van der Waals surface area contributed by atoms with Crippen molar-refractivity contribution in [3.05, 3.63) is 164 Å². The van der Waals surface area contributed by atoms with Crippen molar-refractivity contribution in [1.82, 2.24) is 24.9 Å². The summed E-state index contributed by atoms with van der Waals surface area (Å²) in [5, 5.41) is 5.49. The van der Waals surface area contributed by atoms with Gasteiger partial charge < -0.3 is 0 Å². The molecule has 0 aliphatic carbocycles. The number of hydrogen-bond donors (Lipinski definition) is 0. The Morgan fingerprint density at radius 3 is 1.66 bits per heavy atom. The van der Waals surface area contributed by atoms with Gasteiger partial charge in [0, 0.05) is 56.6 Å². The third-order valence-corrected chi connectivity index (χ3v) is 9.57. The maximum Gasteiger partial charge on any atom is 0.0970 e. The Hall–Kier alpha value is -6.85. The van der Waals surface area contributed by atoms with Gasteiger partial charge in [0.15, 0.2) is 0 Å². The molecular formula is C45H27N5. The monoisotopic (exact) mass is 637 g/mol. The molecule has 10 rings (SSSR count). The lowest BCUT2D eigenvalue weighted by molar-refractivity contribution is 1.37. The van der Waals surface area contributed by atoms with Crippen LogP contribution in [0.2, 0.25) is 0 Å². The predicted octanol–water partition coefficient (Wildman–Crippen LogP) is 11.1. The molecule has 0 N–H and O–H groups in total. The molecule has 0 saturated heterocycles. The minimum Gasteiger partial charge on any atom is -0.256 e. The normalized spacial score (nSPS) is 11.6. The first kappa shape index (κ1) is 28.2. The number of aromatic nitrogens is 5. The van der Waals surface area contributed by atoms with Crippen LogP contribution in [-0.4, -0.2) is 24.9 Å². The zero-order valence-corrected chi connectivity index (χ0v) is 26.8. The Morgan fingerprint density at radius 1 is 0.320 bits per heavy atom. The second kappa shape index (κ2) is 11.4. The van der Waals surface area contributed by atoms with Crippen LogP contribution in [0.1, 0.15) is 0 Å². The van der Waals surface area contributed by atoms with E-state index in [9.17, 15) is 0 Å². The van der Waals surface area contributed by atoms with Crippen LogP contribution in [0.3, 0.4) is 0 Å². The average molecular weight is 638 g/mol. The lowest BCUT2D eigenvalue weighted by Crippen LogP contribution is -1.90. The van der Waals surface area contributed by atoms with E-state index in [1.165, 1.54) is 0 Å². The molecular weight excluding hydrogens is 611 g/mol. The van der Waals surface area contributed by atoms with Crippen LogP contribution in [0.5, 0.6) is 0 Å². The molecule has 0 radical (unpaired) electrons. The maximum atomic E-state index is 5.05. The second-order valence-corrected chi connectivity index (χ2v) is 12.6. The van der Waals surface area contributed by atoms with Crippen LogP contribution in [-0.2, 0) is 0 Å². The molecule has 0 aliphatic heterocycles. The summed E-state index contributed by atoms with van der Waals surface area (Å²) < 4.78 is 0. The summed E-state index contributed by atoms with van der Waals surface area (Å²) in [6.07, 6.45) is 5.49. The summed E-state index contributed by atoms with van der Waals surface area (Å²) in [5.74, 6) is 0. The zero-order chi connectivity index (χ0) is 33.0. The number of para-hydroxylation sites is 1. The Balaban J connectivity index is 0.946. The number of hydrogen-bond acceptors (Lipinski definition) is 5. The van der Waals surface area contributed by atoms with Crippen molar-refractivity contribution in [2.75, 3.05) is 0 Å². The molecule has 0 unspecified atom stereocenters. The van der Waals surface area contributed by atoms with Crippen LogP contribution in [0.15, 0.2) is 164 Å². The van der Waals surface area contributed by atoms with Crippen LogP contribution in [0, 0.1) is 0 Å². The van der Waals surface area contributed by atoms with E-state index >= 15 is 0 Å². The number of pyridine rings is 5. The van der Waals surface area contributed by atoms with E-state index in [1.807, 2.05) is 36.8 Å². The molecule has 232 valence electrons. The molecule has 0 fully saturated rings. The quantitative estimate of drug-likeness (QED) is 0.180. The molecule has 5 heterocycles. The zero-order valence-electron chi connectivity index (χ0n) is 26.8. The van der Waals surface area contributed by atoms with Crippen LogP contribution in [0.4, 0.5) is 0 Å². The third-order valence-electron chi connectivity index (χ3n) is 9.57.